The maximum absolute atomic E-state index is 5.69. The molecule has 1 atom stereocenters. The Morgan fingerprint density at radius 1 is 1.33 bits per heavy atom. The molecule has 2 aliphatic rings. The van der Waals surface area contributed by atoms with Crippen molar-refractivity contribution in [1.82, 2.24) is 0 Å². The van der Waals surface area contributed by atoms with E-state index < -0.39 is 0 Å². The number of benzene rings is 1. The van der Waals surface area contributed by atoms with E-state index in [1.54, 1.807) is 0 Å². The van der Waals surface area contributed by atoms with Crippen LogP contribution in [0.3, 0.4) is 0 Å². The molecule has 1 aromatic carbocycles. The first-order valence-corrected chi connectivity index (χ1v) is 5.13. The minimum Gasteiger partial charge on any atom is -0.454 e. The van der Waals surface area contributed by atoms with E-state index in [0.717, 1.165) is 30.1 Å². The second-order valence-electron chi connectivity index (χ2n) is 3.72. The summed E-state index contributed by atoms with van der Waals surface area (Å²) in [5.41, 5.74) is 8.04. The Labute approximate surface area is 87.9 Å². The lowest BCUT2D eigenvalue weighted by Crippen LogP contribution is -2.23. The summed E-state index contributed by atoms with van der Waals surface area (Å²) in [7, 11) is 0. The van der Waals surface area contributed by atoms with Gasteiger partial charge in [0.1, 0.15) is 0 Å². The molecular weight excluding hydrogens is 194 g/mol. The van der Waals surface area contributed by atoms with E-state index in [9.17, 15) is 0 Å². The van der Waals surface area contributed by atoms with Crippen LogP contribution in [0.25, 0.3) is 0 Å². The van der Waals surface area contributed by atoms with Crippen LogP contribution in [0.4, 0.5) is 0 Å². The van der Waals surface area contributed by atoms with Crippen molar-refractivity contribution in [3.8, 4) is 11.5 Å². The van der Waals surface area contributed by atoms with Crippen LogP contribution in [-0.2, 0) is 11.2 Å². The number of hydrogen-bond acceptors (Lipinski definition) is 4. The molecule has 0 amide bonds. The highest BCUT2D eigenvalue weighted by molar-refractivity contribution is 5.54. The molecule has 2 N–H and O–H groups in total. The second kappa shape index (κ2) is 3.40. The average molecular weight is 207 g/mol. The monoisotopic (exact) mass is 207 g/mol. The first kappa shape index (κ1) is 9.00. The molecule has 0 saturated carbocycles. The van der Waals surface area contributed by atoms with Crippen LogP contribution in [0.1, 0.15) is 17.2 Å². The van der Waals surface area contributed by atoms with E-state index in [1.165, 1.54) is 5.56 Å². The Morgan fingerprint density at radius 3 is 3.13 bits per heavy atom. The molecule has 0 aliphatic carbocycles. The van der Waals surface area contributed by atoms with Crippen LogP contribution in [0.5, 0.6) is 11.5 Å². The van der Waals surface area contributed by atoms with Crippen LogP contribution in [-0.4, -0.2) is 19.9 Å². The first-order chi connectivity index (χ1) is 7.40. The van der Waals surface area contributed by atoms with E-state index in [2.05, 4.69) is 6.07 Å². The molecule has 0 saturated heterocycles. The smallest absolute Gasteiger partial charge is 0.231 e. The zero-order chi connectivity index (χ0) is 10.3. The van der Waals surface area contributed by atoms with Gasteiger partial charge in [-0.2, -0.15) is 0 Å². The summed E-state index contributed by atoms with van der Waals surface area (Å²) >= 11 is 0. The molecule has 0 radical (unpaired) electrons. The Bertz CT molecular complexity index is 392. The molecule has 3 rings (SSSR count). The number of fused-ring (bicyclic) bond motifs is 3. The van der Waals surface area contributed by atoms with Gasteiger partial charge in [-0.15, -0.1) is 0 Å². The van der Waals surface area contributed by atoms with Gasteiger partial charge in [-0.25, -0.2) is 0 Å². The van der Waals surface area contributed by atoms with Crippen LogP contribution in [0.2, 0.25) is 0 Å². The molecule has 4 nitrogen and oxygen atoms in total. The van der Waals surface area contributed by atoms with Gasteiger partial charge in [-0.3, -0.25) is 0 Å². The fraction of sp³-hybridized carbons (Fsp3) is 0.455. The van der Waals surface area contributed by atoms with Crippen molar-refractivity contribution in [3.63, 3.8) is 0 Å². The largest absolute Gasteiger partial charge is 0.454 e. The normalized spacial score (nSPS) is 22.6. The van der Waals surface area contributed by atoms with E-state index in [-0.39, 0.29) is 6.10 Å². The molecule has 1 aromatic rings. The fourth-order valence-corrected chi connectivity index (χ4v) is 2.19. The summed E-state index contributed by atoms with van der Waals surface area (Å²) in [5.74, 6) is 1.63. The molecule has 4 heteroatoms. The number of hydrogen-bond donors (Lipinski definition) is 1. The Balaban J connectivity index is 2.14. The van der Waals surface area contributed by atoms with E-state index >= 15 is 0 Å². The Kier molecular flexibility index (Phi) is 2.04. The molecule has 80 valence electrons. The highest BCUT2D eigenvalue weighted by atomic mass is 16.7. The summed E-state index contributed by atoms with van der Waals surface area (Å²) < 4.78 is 16.4. The second-order valence-corrected chi connectivity index (χ2v) is 3.72. The number of nitrogens with two attached hydrogens (primary N) is 1. The van der Waals surface area contributed by atoms with Gasteiger partial charge in [0, 0.05) is 12.1 Å². The van der Waals surface area contributed by atoms with E-state index in [0.29, 0.717) is 13.3 Å². The van der Waals surface area contributed by atoms with Crippen molar-refractivity contribution in [2.24, 2.45) is 5.73 Å². The van der Waals surface area contributed by atoms with Crippen molar-refractivity contribution in [1.29, 1.82) is 0 Å². The molecule has 2 heterocycles. The van der Waals surface area contributed by atoms with Gasteiger partial charge in [-0.1, -0.05) is 6.07 Å². The maximum atomic E-state index is 5.69. The summed E-state index contributed by atoms with van der Waals surface area (Å²) in [6.07, 6.45) is 0.869. The molecule has 0 aromatic heterocycles. The van der Waals surface area contributed by atoms with Crippen LogP contribution in [0.15, 0.2) is 12.1 Å². The lowest BCUT2D eigenvalue weighted by Gasteiger charge is -2.25. The predicted octanol–water partition coefficient (Wildman–Crippen LogP) is 0.988. The SMILES string of the molecule is NC[C@@H]1OCCc2ccc3c(c21)OCO3. The van der Waals surface area contributed by atoms with Crippen LogP contribution in [0, 0.1) is 0 Å². The van der Waals surface area contributed by atoms with Crippen molar-refractivity contribution >= 4 is 0 Å². The van der Waals surface area contributed by atoms with Crippen LogP contribution >= 0.6 is 0 Å². The average Bonchev–Trinajstić information content (AvgIpc) is 2.76. The topological polar surface area (TPSA) is 53.7 Å². The third-order valence-electron chi connectivity index (χ3n) is 2.89. The minimum absolute atomic E-state index is 0.0506. The van der Waals surface area contributed by atoms with Crippen LogP contribution < -0.4 is 15.2 Å². The third-order valence-corrected chi connectivity index (χ3v) is 2.89. The molecule has 0 spiro atoms. The van der Waals surface area contributed by atoms with Crippen molar-refractivity contribution in [3.05, 3.63) is 23.3 Å². The van der Waals surface area contributed by atoms with Gasteiger partial charge in [0.05, 0.1) is 12.7 Å². The van der Waals surface area contributed by atoms with Gasteiger partial charge in [0.15, 0.2) is 11.5 Å². The molecule has 15 heavy (non-hydrogen) atoms. The summed E-state index contributed by atoms with van der Waals surface area (Å²) in [6, 6.07) is 4.04. The number of rotatable bonds is 1. The zero-order valence-electron chi connectivity index (χ0n) is 8.36. The predicted molar refractivity (Wildman–Crippen MR) is 54.0 cm³/mol. The van der Waals surface area contributed by atoms with Gasteiger partial charge in [-0.05, 0) is 18.1 Å². The zero-order valence-corrected chi connectivity index (χ0v) is 8.36. The highest BCUT2D eigenvalue weighted by Gasteiger charge is 2.28. The molecule has 0 bridgehead atoms. The van der Waals surface area contributed by atoms with Crippen molar-refractivity contribution < 1.29 is 14.2 Å². The Morgan fingerprint density at radius 2 is 2.27 bits per heavy atom. The minimum atomic E-state index is -0.0506. The summed E-state index contributed by atoms with van der Waals surface area (Å²) in [6.45, 7) is 1.50. The van der Waals surface area contributed by atoms with Gasteiger partial charge >= 0.3 is 0 Å². The van der Waals surface area contributed by atoms with E-state index in [1.807, 2.05) is 6.07 Å². The standard InChI is InChI=1S/C11H13NO3/c12-5-9-10-7(3-4-13-9)1-2-8-11(10)15-6-14-8/h1-2,9H,3-6,12H2/t9-/m0/s1. The van der Waals surface area contributed by atoms with Crippen molar-refractivity contribution in [2.45, 2.75) is 12.5 Å². The van der Waals surface area contributed by atoms with Crippen molar-refractivity contribution in [2.75, 3.05) is 19.9 Å². The highest BCUT2D eigenvalue weighted by Crippen LogP contribution is 2.43. The maximum Gasteiger partial charge on any atom is 0.231 e. The summed E-state index contributed by atoms with van der Waals surface area (Å²) in [4.78, 5) is 0. The molecule has 0 unspecified atom stereocenters. The lowest BCUT2D eigenvalue weighted by molar-refractivity contribution is 0.0460. The van der Waals surface area contributed by atoms with Gasteiger partial charge in [0.25, 0.3) is 0 Å². The summed E-state index contributed by atoms with van der Waals surface area (Å²) in [5, 5.41) is 0. The van der Waals surface area contributed by atoms with E-state index in [4.69, 9.17) is 19.9 Å². The molecular formula is C11H13NO3. The molecule has 0 fully saturated rings. The lowest BCUT2D eigenvalue weighted by atomic mass is 9.96. The first-order valence-electron chi connectivity index (χ1n) is 5.13. The Hall–Kier alpha value is -1.26. The fourth-order valence-electron chi connectivity index (χ4n) is 2.19. The number of ether oxygens (including phenoxy) is 3. The molecule has 2 aliphatic heterocycles. The van der Waals surface area contributed by atoms with Gasteiger partial charge < -0.3 is 19.9 Å². The quantitative estimate of drug-likeness (QED) is 0.746. The van der Waals surface area contributed by atoms with Gasteiger partial charge in [0.2, 0.25) is 6.79 Å². The third kappa shape index (κ3) is 1.29.